The van der Waals surface area contributed by atoms with Gasteiger partial charge >= 0.3 is 0 Å². The summed E-state index contributed by atoms with van der Waals surface area (Å²) < 4.78 is 19.2. The zero-order valence-electron chi connectivity index (χ0n) is 20.4. The van der Waals surface area contributed by atoms with E-state index in [1.807, 2.05) is 31.3 Å². The van der Waals surface area contributed by atoms with E-state index in [4.69, 9.17) is 21.2 Å². The standard InChI is InChI=1S/C28H25ClFN5O2/c1-3-5-25(35-37-13-12-31-2)20-8-10-26-23(15-20)28(33-18-32-26)34-22-9-11-27(24(29)16-22)36-17-19-6-4-7-21(30)14-19/h4,6-11,14-16,18,31H,12-13,17H2,1-2H3,(H,32,33,34)/b35-25+. The van der Waals surface area contributed by atoms with Crippen LogP contribution in [0.3, 0.4) is 0 Å². The summed E-state index contributed by atoms with van der Waals surface area (Å²) in [5.41, 5.74) is 3.47. The van der Waals surface area contributed by atoms with E-state index in [1.54, 1.807) is 31.2 Å². The van der Waals surface area contributed by atoms with Gasteiger partial charge in [0.25, 0.3) is 0 Å². The molecule has 1 aromatic heterocycles. The Labute approximate surface area is 219 Å². The number of fused-ring (bicyclic) bond motifs is 1. The van der Waals surface area contributed by atoms with Crippen molar-refractivity contribution in [1.29, 1.82) is 0 Å². The SMILES string of the molecule is CC#C/C(=N\OCCNC)c1ccc2ncnc(Nc3ccc(OCc4cccc(F)c4)c(Cl)c3)c2c1. The summed E-state index contributed by atoms with van der Waals surface area (Å²) in [7, 11) is 1.85. The van der Waals surface area contributed by atoms with E-state index in [0.717, 1.165) is 16.5 Å². The van der Waals surface area contributed by atoms with E-state index >= 15 is 0 Å². The molecule has 4 aromatic rings. The van der Waals surface area contributed by atoms with Gasteiger partial charge in [0.1, 0.15) is 36.9 Å². The van der Waals surface area contributed by atoms with E-state index in [2.05, 4.69) is 37.6 Å². The smallest absolute Gasteiger partial charge is 0.159 e. The average molecular weight is 518 g/mol. The second kappa shape index (κ2) is 12.7. The lowest BCUT2D eigenvalue weighted by Gasteiger charge is -2.12. The minimum Gasteiger partial charge on any atom is -0.487 e. The second-order valence-electron chi connectivity index (χ2n) is 7.89. The van der Waals surface area contributed by atoms with E-state index in [-0.39, 0.29) is 12.4 Å². The minimum atomic E-state index is -0.312. The molecule has 0 atom stereocenters. The monoisotopic (exact) mass is 517 g/mol. The van der Waals surface area contributed by atoms with Crippen molar-refractivity contribution >= 4 is 39.7 Å². The molecule has 0 aliphatic rings. The third-order valence-corrected chi connectivity index (χ3v) is 5.52. The number of benzene rings is 3. The molecule has 1 heterocycles. The van der Waals surface area contributed by atoms with Crippen molar-refractivity contribution in [3.8, 4) is 17.6 Å². The van der Waals surface area contributed by atoms with Crippen molar-refractivity contribution < 1.29 is 14.0 Å². The van der Waals surface area contributed by atoms with Crippen LogP contribution < -0.4 is 15.4 Å². The largest absolute Gasteiger partial charge is 0.487 e. The first kappa shape index (κ1) is 25.9. The number of halogens is 2. The Kier molecular flexibility index (Phi) is 8.87. The summed E-state index contributed by atoms with van der Waals surface area (Å²) in [6.45, 7) is 3.05. The van der Waals surface area contributed by atoms with Crippen LogP contribution in [0, 0.1) is 17.7 Å². The Bertz CT molecular complexity index is 1480. The van der Waals surface area contributed by atoms with Crippen LogP contribution in [0.2, 0.25) is 5.02 Å². The predicted molar refractivity (Wildman–Crippen MR) is 145 cm³/mol. The number of nitrogens with zero attached hydrogens (tertiary/aromatic N) is 3. The first-order valence-electron chi connectivity index (χ1n) is 11.5. The van der Waals surface area contributed by atoms with Gasteiger partial charge in [0.2, 0.25) is 0 Å². The summed E-state index contributed by atoms with van der Waals surface area (Å²) in [4.78, 5) is 14.2. The maximum atomic E-state index is 13.4. The molecule has 0 unspecified atom stereocenters. The number of anilines is 2. The molecular formula is C28H25ClFN5O2. The fourth-order valence-corrected chi connectivity index (χ4v) is 3.68. The highest BCUT2D eigenvalue weighted by Gasteiger charge is 2.10. The Balaban J connectivity index is 1.55. The Morgan fingerprint density at radius 2 is 2.00 bits per heavy atom. The first-order chi connectivity index (χ1) is 18.1. The van der Waals surface area contributed by atoms with E-state index in [1.165, 1.54) is 18.5 Å². The van der Waals surface area contributed by atoms with Crippen LogP contribution in [0.5, 0.6) is 5.75 Å². The van der Waals surface area contributed by atoms with Gasteiger partial charge in [-0.25, -0.2) is 14.4 Å². The third-order valence-electron chi connectivity index (χ3n) is 5.23. The molecule has 7 nitrogen and oxygen atoms in total. The number of nitrogens with one attached hydrogen (secondary N) is 2. The number of aromatic nitrogens is 2. The van der Waals surface area contributed by atoms with Gasteiger partial charge in [-0.15, -0.1) is 0 Å². The van der Waals surface area contributed by atoms with Crippen LogP contribution in [-0.4, -0.2) is 35.9 Å². The molecule has 0 aliphatic heterocycles. The molecule has 2 N–H and O–H groups in total. The Morgan fingerprint density at radius 3 is 2.78 bits per heavy atom. The number of rotatable bonds is 10. The lowest BCUT2D eigenvalue weighted by atomic mass is 10.1. The molecule has 0 spiro atoms. The quantitative estimate of drug-likeness (QED) is 0.121. The van der Waals surface area contributed by atoms with Gasteiger partial charge in [-0.3, -0.25) is 0 Å². The number of oxime groups is 1. The summed E-state index contributed by atoms with van der Waals surface area (Å²) in [6, 6.07) is 17.3. The third kappa shape index (κ3) is 6.94. The Hall–Kier alpha value is -4.19. The van der Waals surface area contributed by atoms with Gasteiger partial charge in [-0.05, 0) is 74.0 Å². The average Bonchev–Trinajstić information content (AvgIpc) is 2.90. The Morgan fingerprint density at radius 1 is 1.11 bits per heavy atom. The van der Waals surface area contributed by atoms with Crippen LogP contribution in [-0.2, 0) is 11.4 Å². The molecule has 4 rings (SSSR count). The topological polar surface area (TPSA) is 80.7 Å². The van der Waals surface area contributed by atoms with Gasteiger partial charge in [-0.2, -0.15) is 0 Å². The maximum Gasteiger partial charge on any atom is 0.159 e. The van der Waals surface area contributed by atoms with E-state index in [9.17, 15) is 4.39 Å². The molecule has 0 aliphatic carbocycles. The predicted octanol–water partition coefficient (Wildman–Crippen LogP) is 5.71. The molecule has 0 saturated carbocycles. The molecule has 0 saturated heterocycles. The second-order valence-corrected chi connectivity index (χ2v) is 8.30. The minimum absolute atomic E-state index is 0.201. The summed E-state index contributed by atoms with van der Waals surface area (Å²) in [5.74, 6) is 6.64. The lowest BCUT2D eigenvalue weighted by molar-refractivity contribution is 0.148. The summed E-state index contributed by atoms with van der Waals surface area (Å²) >= 11 is 6.46. The summed E-state index contributed by atoms with van der Waals surface area (Å²) in [5, 5.41) is 11.7. The van der Waals surface area contributed by atoms with Gasteiger partial charge in [0.15, 0.2) is 5.71 Å². The van der Waals surface area contributed by atoms with Gasteiger partial charge in [-0.1, -0.05) is 34.8 Å². The van der Waals surface area contributed by atoms with Gasteiger partial charge in [0.05, 0.1) is 10.5 Å². The zero-order chi connectivity index (χ0) is 26.0. The first-order valence-corrected chi connectivity index (χ1v) is 11.9. The number of hydrogen-bond acceptors (Lipinski definition) is 7. The van der Waals surface area contributed by atoms with Crippen molar-refractivity contribution in [2.75, 3.05) is 25.5 Å². The van der Waals surface area contributed by atoms with Crippen LogP contribution in [0.25, 0.3) is 10.9 Å². The molecule has 0 fully saturated rings. The van der Waals surface area contributed by atoms with Crippen molar-refractivity contribution in [2.45, 2.75) is 13.5 Å². The molecular weight excluding hydrogens is 493 g/mol. The maximum absolute atomic E-state index is 13.4. The lowest BCUT2D eigenvalue weighted by Crippen LogP contribution is -2.13. The zero-order valence-corrected chi connectivity index (χ0v) is 21.1. The molecule has 0 radical (unpaired) electrons. The molecule has 3 aromatic carbocycles. The van der Waals surface area contributed by atoms with Gasteiger partial charge in [0, 0.05) is 23.2 Å². The molecule has 188 valence electrons. The number of likely N-dealkylation sites (N-methyl/N-ethyl adjacent to an activating group) is 1. The van der Waals surface area contributed by atoms with Crippen LogP contribution in [0.15, 0.2) is 72.1 Å². The van der Waals surface area contributed by atoms with Crippen molar-refractivity contribution in [1.82, 2.24) is 15.3 Å². The van der Waals surface area contributed by atoms with Crippen molar-refractivity contribution in [2.24, 2.45) is 5.16 Å². The van der Waals surface area contributed by atoms with E-state index in [0.29, 0.717) is 46.7 Å². The highest BCUT2D eigenvalue weighted by molar-refractivity contribution is 6.32. The van der Waals surface area contributed by atoms with Crippen molar-refractivity contribution in [3.05, 3.63) is 89.0 Å². The van der Waals surface area contributed by atoms with Crippen molar-refractivity contribution in [3.63, 3.8) is 0 Å². The molecule has 0 amide bonds. The fraction of sp³-hybridized carbons (Fsp3) is 0.179. The molecule has 0 bridgehead atoms. The molecule has 37 heavy (non-hydrogen) atoms. The highest BCUT2D eigenvalue weighted by atomic mass is 35.5. The van der Waals surface area contributed by atoms with E-state index < -0.39 is 0 Å². The highest BCUT2D eigenvalue weighted by Crippen LogP contribution is 2.31. The van der Waals surface area contributed by atoms with Crippen LogP contribution in [0.4, 0.5) is 15.9 Å². The number of ether oxygens (including phenoxy) is 1. The summed E-state index contributed by atoms with van der Waals surface area (Å²) in [6.07, 6.45) is 1.49. The molecule has 9 heteroatoms. The van der Waals surface area contributed by atoms with Crippen LogP contribution >= 0.6 is 11.6 Å². The fourth-order valence-electron chi connectivity index (χ4n) is 3.45. The number of hydrogen-bond donors (Lipinski definition) is 2. The van der Waals surface area contributed by atoms with Crippen LogP contribution in [0.1, 0.15) is 18.1 Å². The van der Waals surface area contributed by atoms with Gasteiger partial charge < -0.3 is 20.2 Å². The normalized spacial score (nSPS) is 11.1.